The van der Waals surface area contributed by atoms with Gasteiger partial charge in [-0.3, -0.25) is 9.59 Å². The lowest BCUT2D eigenvalue weighted by Gasteiger charge is -2.05. The van der Waals surface area contributed by atoms with E-state index in [0.29, 0.717) is 15.7 Å². The number of rotatable bonds is 5. The summed E-state index contributed by atoms with van der Waals surface area (Å²) in [5, 5.41) is 12.3. The van der Waals surface area contributed by atoms with E-state index in [-0.39, 0.29) is 18.2 Å². The number of hydrogen-bond donors (Lipinski definition) is 2. The third-order valence-electron chi connectivity index (χ3n) is 3.54. The summed E-state index contributed by atoms with van der Waals surface area (Å²) in [7, 11) is 0. The molecule has 0 atom stereocenters. The van der Waals surface area contributed by atoms with Crippen molar-refractivity contribution in [3.05, 3.63) is 34.2 Å². The SMILES string of the molecule is Cc1ccc(-c2nc(NC(=O)C(C)C)sc2CC(=O)O)cc1C. The van der Waals surface area contributed by atoms with Crippen LogP contribution in [-0.4, -0.2) is 22.0 Å². The summed E-state index contributed by atoms with van der Waals surface area (Å²) in [5.74, 6) is -1.21. The largest absolute Gasteiger partial charge is 0.481 e. The highest BCUT2D eigenvalue weighted by Crippen LogP contribution is 2.32. The van der Waals surface area contributed by atoms with Gasteiger partial charge in [0.25, 0.3) is 0 Å². The van der Waals surface area contributed by atoms with Crippen molar-refractivity contribution in [3.63, 3.8) is 0 Å². The van der Waals surface area contributed by atoms with E-state index in [1.54, 1.807) is 13.8 Å². The van der Waals surface area contributed by atoms with Crippen molar-refractivity contribution >= 4 is 28.3 Å². The smallest absolute Gasteiger partial charge is 0.308 e. The number of anilines is 1. The maximum Gasteiger partial charge on any atom is 0.308 e. The molecule has 0 aliphatic rings. The number of amides is 1. The monoisotopic (exact) mass is 332 g/mol. The first kappa shape index (κ1) is 17.1. The molecule has 23 heavy (non-hydrogen) atoms. The van der Waals surface area contributed by atoms with Gasteiger partial charge in [0.1, 0.15) is 0 Å². The number of nitrogens with one attached hydrogen (secondary N) is 1. The molecule has 122 valence electrons. The van der Waals surface area contributed by atoms with Crippen molar-refractivity contribution < 1.29 is 14.7 Å². The molecule has 0 aliphatic carbocycles. The molecule has 1 heterocycles. The minimum absolute atomic E-state index is 0.114. The van der Waals surface area contributed by atoms with Crippen molar-refractivity contribution in [3.8, 4) is 11.3 Å². The molecule has 0 aliphatic heterocycles. The molecule has 0 bridgehead atoms. The molecule has 0 fully saturated rings. The third-order valence-corrected chi connectivity index (χ3v) is 4.51. The lowest BCUT2D eigenvalue weighted by Crippen LogP contribution is -2.17. The fourth-order valence-corrected chi connectivity index (χ4v) is 3.00. The molecule has 6 heteroatoms. The van der Waals surface area contributed by atoms with Gasteiger partial charge in [-0.2, -0.15) is 0 Å². The Kier molecular flexibility index (Phi) is 5.15. The second kappa shape index (κ2) is 6.91. The zero-order chi connectivity index (χ0) is 17.1. The molecule has 0 unspecified atom stereocenters. The van der Waals surface area contributed by atoms with E-state index in [9.17, 15) is 9.59 Å². The number of benzene rings is 1. The first-order valence-electron chi connectivity index (χ1n) is 7.38. The Balaban J connectivity index is 2.43. The number of hydrogen-bond acceptors (Lipinski definition) is 4. The van der Waals surface area contributed by atoms with Gasteiger partial charge in [0.2, 0.25) is 5.91 Å². The number of carbonyl (C=O) groups excluding carboxylic acids is 1. The molecule has 0 saturated carbocycles. The van der Waals surface area contributed by atoms with Gasteiger partial charge < -0.3 is 10.4 Å². The van der Waals surface area contributed by atoms with Gasteiger partial charge in [0.05, 0.1) is 12.1 Å². The second-order valence-electron chi connectivity index (χ2n) is 5.80. The molecule has 0 saturated heterocycles. The molecule has 1 aromatic carbocycles. The maximum absolute atomic E-state index is 11.8. The number of nitrogens with zero attached hydrogens (tertiary/aromatic N) is 1. The number of aryl methyl sites for hydroxylation is 2. The van der Waals surface area contributed by atoms with Crippen molar-refractivity contribution in [1.29, 1.82) is 0 Å². The summed E-state index contributed by atoms with van der Waals surface area (Å²) in [6.07, 6.45) is -0.114. The molecule has 0 radical (unpaired) electrons. The maximum atomic E-state index is 11.8. The fourth-order valence-electron chi connectivity index (χ4n) is 2.03. The minimum Gasteiger partial charge on any atom is -0.481 e. The lowest BCUT2D eigenvalue weighted by molar-refractivity contribution is -0.136. The molecule has 2 N–H and O–H groups in total. The average molecular weight is 332 g/mol. The van der Waals surface area contributed by atoms with E-state index in [1.807, 2.05) is 32.0 Å². The van der Waals surface area contributed by atoms with Gasteiger partial charge in [0.15, 0.2) is 5.13 Å². The Morgan fingerprint density at radius 1 is 1.26 bits per heavy atom. The Morgan fingerprint density at radius 3 is 2.52 bits per heavy atom. The summed E-state index contributed by atoms with van der Waals surface area (Å²) >= 11 is 1.21. The van der Waals surface area contributed by atoms with Crippen LogP contribution in [0.2, 0.25) is 0 Å². The van der Waals surface area contributed by atoms with Crippen LogP contribution in [0.15, 0.2) is 18.2 Å². The third kappa shape index (κ3) is 4.16. The van der Waals surface area contributed by atoms with Crippen LogP contribution in [0.3, 0.4) is 0 Å². The highest BCUT2D eigenvalue weighted by molar-refractivity contribution is 7.16. The summed E-state index contributed by atoms with van der Waals surface area (Å²) in [6.45, 7) is 7.62. The van der Waals surface area contributed by atoms with Crippen LogP contribution in [0.5, 0.6) is 0 Å². The molecular formula is C17H20N2O3S. The van der Waals surface area contributed by atoms with Crippen LogP contribution in [0.25, 0.3) is 11.3 Å². The van der Waals surface area contributed by atoms with Crippen LogP contribution < -0.4 is 5.32 Å². The van der Waals surface area contributed by atoms with Crippen molar-refractivity contribution in [2.45, 2.75) is 34.1 Å². The van der Waals surface area contributed by atoms with E-state index in [1.165, 1.54) is 11.3 Å². The zero-order valence-electron chi connectivity index (χ0n) is 13.6. The molecule has 1 aromatic heterocycles. The van der Waals surface area contributed by atoms with Crippen LogP contribution in [0, 0.1) is 19.8 Å². The molecule has 2 rings (SSSR count). The lowest BCUT2D eigenvalue weighted by atomic mass is 10.0. The number of thiazole rings is 1. The summed E-state index contributed by atoms with van der Waals surface area (Å²) in [6, 6.07) is 5.90. The molecule has 1 amide bonds. The Bertz CT molecular complexity index is 750. The highest BCUT2D eigenvalue weighted by Gasteiger charge is 2.18. The number of carboxylic acid groups (broad SMARTS) is 1. The zero-order valence-corrected chi connectivity index (χ0v) is 14.5. The summed E-state index contributed by atoms with van der Waals surface area (Å²) in [4.78, 5) is 28.0. The van der Waals surface area contributed by atoms with Gasteiger partial charge in [-0.15, -0.1) is 11.3 Å². The van der Waals surface area contributed by atoms with Crippen molar-refractivity contribution in [2.75, 3.05) is 5.32 Å². The average Bonchev–Trinajstić information content (AvgIpc) is 2.83. The van der Waals surface area contributed by atoms with Crippen LogP contribution in [-0.2, 0) is 16.0 Å². The van der Waals surface area contributed by atoms with Crippen molar-refractivity contribution in [2.24, 2.45) is 5.92 Å². The van der Waals surface area contributed by atoms with E-state index in [0.717, 1.165) is 16.7 Å². The quantitative estimate of drug-likeness (QED) is 0.876. The Labute approximate surface area is 139 Å². The normalized spacial score (nSPS) is 10.8. The van der Waals surface area contributed by atoms with E-state index < -0.39 is 5.97 Å². The van der Waals surface area contributed by atoms with Gasteiger partial charge in [0, 0.05) is 16.4 Å². The predicted octanol–water partition coefficient (Wildman–Crippen LogP) is 3.65. The van der Waals surface area contributed by atoms with E-state index in [4.69, 9.17) is 5.11 Å². The topological polar surface area (TPSA) is 79.3 Å². The van der Waals surface area contributed by atoms with Gasteiger partial charge in [-0.25, -0.2) is 4.98 Å². The second-order valence-corrected chi connectivity index (χ2v) is 6.89. The van der Waals surface area contributed by atoms with Crippen LogP contribution in [0.1, 0.15) is 29.9 Å². The molecule has 2 aromatic rings. The minimum atomic E-state index is -0.916. The Hall–Kier alpha value is -2.21. The first-order valence-corrected chi connectivity index (χ1v) is 8.19. The number of carboxylic acids is 1. The summed E-state index contributed by atoms with van der Waals surface area (Å²) in [5.41, 5.74) is 3.77. The molecule has 0 spiro atoms. The van der Waals surface area contributed by atoms with Crippen molar-refractivity contribution in [1.82, 2.24) is 4.98 Å². The Morgan fingerprint density at radius 2 is 1.96 bits per heavy atom. The van der Waals surface area contributed by atoms with Gasteiger partial charge in [-0.05, 0) is 31.0 Å². The van der Waals surface area contributed by atoms with Crippen LogP contribution in [0.4, 0.5) is 5.13 Å². The molecule has 5 nitrogen and oxygen atoms in total. The molecular weight excluding hydrogens is 312 g/mol. The number of carbonyl (C=O) groups is 2. The fraction of sp³-hybridized carbons (Fsp3) is 0.353. The van der Waals surface area contributed by atoms with Gasteiger partial charge in [-0.1, -0.05) is 26.0 Å². The van der Waals surface area contributed by atoms with Gasteiger partial charge >= 0.3 is 5.97 Å². The predicted molar refractivity (Wildman–Crippen MR) is 91.8 cm³/mol. The van der Waals surface area contributed by atoms with E-state index >= 15 is 0 Å². The van der Waals surface area contributed by atoms with E-state index in [2.05, 4.69) is 10.3 Å². The van der Waals surface area contributed by atoms with Crippen LogP contribution >= 0.6 is 11.3 Å². The highest BCUT2D eigenvalue weighted by atomic mass is 32.1. The first-order chi connectivity index (χ1) is 10.8. The standard InChI is InChI=1S/C17H20N2O3S/c1-9(2)16(22)19-17-18-15(13(23-17)8-14(20)21)12-6-5-10(3)11(4)7-12/h5-7,9H,8H2,1-4H3,(H,20,21)(H,18,19,22). The summed E-state index contributed by atoms with van der Waals surface area (Å²) < 4.78 is 0. The number of aliphatic carboxylic acids is 1. The number of aromatic nitrogens is 1.